The van der Waals surface area contributed by atoms with Gasteiger partial charge in [0.25, 0.3) is 0 Å². The van der Waals surface area contributed by atoms with Gasteiger partial charge in [0.2, 0.25) is 11.8 Å². The molecule has 7 nitrogen and oxygen atoms in total. The molecule has 1 atom stereocenters. The minimum absolute atomic E-state index is 0.0138. The van der Waals surface area contributed by atoms with Crippen molar-refractivity contribution >= 4 is 17.6 Å². The molecule has 7 heteroatoms. The molecule has 2 aromatic carbocycles. The summed E-state index contributed by atoms with van der Waals surface area (Å²) in [6, 6.07) is 23.7. The number of piperazine rings is 1. The number of aromatic nitrogens is 2. The Morgan fingerprint density at radius 2 is 1.47 bits per heavy atom. The Kier molecular flexibility index (Phi) is 8.31. The molecule has 4 rings (SSSR count). The number of rotatable bonds is 8. The van der Waals surface area contributed by atoms with Gasteiger partial charge in [0.05, 0.1) is 11.7 Å². The monoisotopic (exact) mass is 485 g/mol. The highest BCUT2D eigenvalue weighted by Gasteiger charge is 2.28. The Balaban J connectivity index is 1.37. The summed E-state index contributed by atoms with van der Waals surface area (Å²) in [6.45, 7) is 8.68. The molecule has 0 N–H and O–H groups in total. The number of hydrogen-bond acceptors (Lipinski definition) is 5. The summed E-state index contributed by atoms with van der Waals surface area (Å²) < 4.78 is 0. The molecule has 0 saturated carbocycles. The van der Waals surface area contributed by atoms with Crippen molar-refractivity contribution in [2.75, 3.05) is 37.6 Å². The van der Waals surface area contributed by atoms with E-state index in [1.807, 2.05) is 98.5 Å². The van der Waals surface area contributed by atoms with E-state index in [9.17, 15) is 9.59 Å². The van der Waals surface area contributed by atoms with Crippen molar-refractivity contribution in [2.45, 2.75) is 33.2 Å². The van der Waals surface area contributed by atoms with Crippen LogP contribution in [0.3, 0.4) is 0 Å². The molecule has 1 aromatic heterocycles. The van der Waals surface area contributed by atoms with Gasteiger partial charge < -0.3 is 14.7 Å². The van der Waals surface area contributed by atoms with E-state index < -0.39 is 0 Å². The molecular weight excluding hydrogens is 450 g/mol. The molecule has 0 radical (unpaired) electrons. The number of anilines is 1. The molecule has 0 aliphatic carbocycles. The SMILES string of the molecule is CC(C)CC(=O)N(CC(=O)N1CCN(c2ccc(-c3ccccc3)nn2)CC1)C(C)c1ccccc1. The molecule has 1 aliphatic heterocycles. The summed E-state index contributed by atoms with van der Waals surface area (Å²) in [5.41, 5.74) is 2.91. The Morgan fingerprint density at radius 3 is 2.06 bits per heavy atom. The van der Waals surface area contributed by atoms with Crippen LogP contribution in [0.4, 0.5) is 5.82 Å². The van der Waals surface area contributed by atoms with Crippen LogP contribution >= 0.6 is 0 Å². The van der Waals surface area contributed by atoms with Crippen molar-refractivity contribution in [3.05, 3.63) is 78.4 Å². The Hall–Kier alpha value is -3.74. The second-order valence-electron chi connectivity index (χ2n) is 9.72. The van der Waals surface area contributed by atoms with Gasteiger partial charge in [-0.15, -0.1) is 10.2 Å². The van der Waals surface area contributed by atoms with Crippen LogP contribution in [0.2, 0.25) is 0 Å². The maximum absolute atomic E-state index is 13.3. The molecule has 3 aromatic rings. The van der Waals surface area contributed by atoms with Gasteiger partial charge in [-0.25, -0.2) is 0 Å². The summed E-state index contributed by atoms with van der Waals surface area (Å²) >= 11 is 0. The number of nitrogens with zero attached hydrogens (tertiary/aromatic N) is 5. The first kappa shape index (κ1) is 25.4. The normalized spacial score (nSPS) is 14.6. The fourth-order valence-electron chi connectivity index (χ4n) is 4.51. The van der Waals surface area contributed by atoms with Gasteiger partial charge in [0, 0.05) is 38.2 Å². The average molecular weight is 486 g/mol. The fourth-order valence-corrected chi connectivity index (χ4v) is 4.51. The Labute approximate surface area is 213 Å². The van der Waals surface area contributed by atoms with E-state index in [0.29, 0.717) is 32.6 Å². The van der Waals surface area contributed by atoms with Gasteiger partial charge >= 0.3 is 0 Å². The largest absolute Gasteiger partial charge is 0.352 e. The van der Waals surface area contributed by atoms with E-state index >= 15 is 0 Å². The first-order valence-corrected chi connectivity index (χ1v) is 12.7. The zero-order valence-corrected chi connectivity index (χ0v) is 21.4. The number of benzene rings is 2. The summed E-state index contributed by atoms with van der Waals surface area (Å²) in [5, 5.41) is 8.82. The van der Waals surface area contributed by atoms with Crippen LogP contribution in [0.25, 0.3) is 11.3 Å². The number of amides is 2. The van der Waals surface area contributed by atoms with Crippen molar-refractivity contribution in [2.24, 2.45) is 5.92 Å². The predicted octanol–water partition coefficient (Wildman–Crippen LogP) is 4.43. The lowest BCUT2D eigenvalue weighted by atomic mass is 10.0. The topological polar surface area (TPSA) is 69.6 Å². The third-order valence-electron chi connectivity index (χ3n) is 6.63. The van der Waals surface area contributed by atoms with Crippen molar-refractivity contribution in [1.29, 1.82) is 0 Å². The van der Waals surface area contributed by atoms with Crippen LogP contribution < -0.4 is 4.90 Å². The van der Waals surface area contributed by atoms with E-state index in [2.05, 4.69) is 15.1 Å². The average Bonchev–Trinajstić information content (AvgIpc) is 2.92. The van der Waals surface area contributed by atoms with Crippen LogP contribution in [0, 0.1) is 5.92 Å². The van der Waals surface area contributed by atoms with Crippen LogP contribution in [-0.2, 0) is 9.59 Å². The summed E-state index contributed by atoms with van der Waals surface area (Å²) in [4.78, 5) is 32.1. The maximum Gasteiger partial charge on any atom is 0.242 e. The van der Waals surface area contributed by atoms with Crippen molar-refractivity contribution in [3.63, 3.8) is 0 Å². The van der Waals surface area contributed by atoms with Crippen molar-refractivity contribution in [1.82, 2.24) is 20.0 Å². The highest BCUT2D eigenvalue weighted by Crippen LogP contribution is 2.23. The van der Waals surface area contributed by atoms with Gasteiger partial charge in [0.1, 0.15) is 6.54 Å². The van der Waals surface area contributed by atoms with E-state index in [-0.39, 0.29) is 30.3 Å². The molecule has 0 spiro atoms. The number of hydrogen-bond donors (Lipinski definition) is 0. The maximum atomic E-state index is 13.3. The van der Waals surface area contributed by atoms with Crippen LogP contribution in [0.1, 0.15) is 38.8 Å². The van der Waals surface area contributed by atoms with Crippen LogP contribution in [0.5, 0.6) is 0 Å². The molecular formula is C29H35N5O2. The van der Waals surface area contributed by atoms with Crippen molar-refractivity contribution < 1.29 is 9.59 Å². The summed E-state index contributed by atoms with van der Waals surface area (Å²) in [5.74, 6) is 1.05. The minimum atomic E-state index is -0.166. The minimum Gasteiger partial charge on any atom is -0.352 e. The van der Waals surface area contributed by atoms with Gasteiger partial charge in [-0.3, -0.25) is 9.59 Å². The molecule has 188 valence electrons. The lowest BCUT2D eigenvalue weighted by molar-refractivity contribution is -0.143. The van der Waals surface area contributed by atoms with Crippen LogP contribution in [0.15, 0.2) is 72.8 Å². The number of carbonyl (C=O) groups excluding carboxylic acids is 2. The zero-order chi connectivity index (χ0) is 25.5. The molecule has 1 aliphatic rings. The standard InChI is InChI=1S/C29H35N5O2/c1-22(2)20-28(35)34(23(3)24-10-6-4-7-11-24)21-29(36)33-18-16-32(17-19-33)27-15-14-26(30-31-27)25-12-8-5-9-13-25/h4-15,22-23H,16-21H2,1-3H3. The first-order chi connectivity index (χ1) is 17.4. The third kappa shape index (κ3) is 6.27. The van der Waals surface area contributed by atoms with E-state index in [1.54, 1.807) is 4.90 Å². The molecule has 1 unspecified atom stereocenters. The molecule has 2 amide bonds. The van der Waals surface area contributed by atoms with E-state index in [0.717, 1.165) is 22.6 Å². The fraction of sp³-hybridized carbons (Fsp3) is 0.379. The Bertz CT molecular complexity index is 1130. The smallest absolute Gasteiger partial charge is 0.242 e. The van der Waals surface area contributed by atoms with Crippen LogP contribution in [-0.4, -0.2) is 64.5 Å². The van der Waals surface area contributed by atoms with Gasteiger partial charge in [-0.1, -0.05) is 74.5 Å². The summed E-state index contributed by atoms with van der Waals surface area (Å²) in [6.07, 6.45) is 0.426. The number of carbonyl (C=O) groups is 2. The van der Waals surface area contributed by atoms with Gasteiger partial charge in [-0.2, -0.15) is 0 Å². The predicted molar refractivity (Wildman–Crippen MR) is 142 cm³/mol. The highest BCUT2D eigenvalue weighted by atomic mass is 16.2. The van der Waals surface area contributed by atoms with E-state index in [1.165, 1.54) is 0 Å². The summed E-state index contributed by atoms with van der Waals surface area (Å²) in [7, 11) is 0. The second kappa shape index (κ2) is 11.8. The molecule has 1 fully saturated rings. The lowest BCUT2D eigenvalue weighted by Gasteiger charge is -2.37. The molecule has 1 saturated heterocycles. The van der Waals surface area contributed by atoms with Gasteiger partial charge in [0.15, 0.2) is 5.82 Å². The third-order valence-corrected chi connectivity index (χ3v) is 6.63. The lowest BCUT2D eigenvalue weighted by Crippen LogP contribution is -2.52. The molecule has 36 heavy (non-hydrogen) atoms. The molecule has 0 bridgehead atoms. The molecule has 2 heterocycles. The zero-order valence-electron chi connectivity index (χ0n) is 21.4. The van der Waals surface area contributed by atoms with Gasteiger partial charge in [-0.05, 0) is 30.5 Å². The Morgan fingerprint density at radius 1 is 0.833 bits per heavy atom. The first-order valence-electron chi connectivity index (χ1n) is 12.7. The highest BCUT2D eigenvalue weighted by molar-refractivity contribution is 5.85. The van der Waals surface area contributed by atoms with E-state index in [4.69, 9.17) is 0 Å². The second-order valence-corrected chi connectivity index (χ2v) is 9.72. The quantitative estimate of drug-likeness (QED) is 0.472. The van der Waals surface area contributed by atoms with Crippen molar-refractivity contribution in [3.8, 4) is 11.3 Å².